The van der Waals surface area contributed by atoms with Crippen LogP contribution in [0.5, 0.6) is 0 Å². The molecule has 0 saturated heterocycles. The zero-order valence-electron chi connectivity index (χ0n) is 9.31. The molecule has 1 N–H and O–H groups in total. The lowest BCUT2D eigenvalue weighted by Gasteiger charge is -2.21. The van der Waals surface area contributed by atoms with E-state index in [0.29, 0.717) is 26.3 Å². The molecule has 0 aliphatic carbocycles. The van der Waals surface area contributed by atoms with Gasteiger partial charge in [-0.05, 0) is 18.2 Å². The number of rotatable bonds is 1. The lowest BCUT2D eigenvalue weighted by atomic mass is 10.2. The van der Waals surface area contributed by atoms with Crippen LogP contribution in [0.15, 0.2) is 40.1 Å². The molecule has 0 spiro atoms. The predicted octanol–water partition coefficient (Wildman–Crippen LogP) is 5.11. The van der Waals surface area contributed by atoms with Crippen molar-refractivity contribution in [3.8, 4) is 0 Å². The fraction of sp³-hybridized carbons (Fsp3) is 0. The topological polar surface area (TPSA) is 55.2 Å². The van der Waals surface area contributed by atoms with Gasteiger partial charge in [-0.25, -0.2) is 0 Å². The molecule has 4 nitrogen and oxygen atoms in total. The first-order valence-electron chi connectivity index (χ1n) is 5.27. The highest BCUT2D eigenvalue weighted by Gasteiger charge is 2.26. The zero-order valence-corrected chi connectivity index (χ0v) is 11.6. The SMILES string of the molecule is O=[N+]([O-])c1cc(Cl)cc2c1Nc1c(Cl)cccc1S2. The van der Waals surface area contributed by atoms with Crippen molar-refractivity contribution >= 4 is 52.0 Å². The fourth-order valence-electron chi connectivity index (χ4n) is 1.87. The molecule has 0 atom stereocenters. The van der Waals surface area contributed by atoms with Gasteiger partial charge in [-0.15, -0.1) is 0 Å². The normalized spacial score (nSPS) is 12.3. The lowest BCUT2D eigenvalue weighted by molar-refractivity contribution is -0.384. The van der Waals surface area contributed by atoms with Crippen molar-refractivity contribution < 1.29 is 4.92 Å². The summed E-state index contributed by atoms with van der Waals surface area (Å²) in [6, 6.07) is 8.50. The van der Waals surface area contributed by atoms with Crippen LogP contribution in [0, 0.1) is 10.1 Å². The van der Waals surface area contributed by atoms with Crippen LogP contribution in [-0.2, 0) is 0 Å². The molecule has 96 valence electrons. The Hall–Kier alpha value is -1.43. The molecule has 0 aromatic heterocycles. The van der Waals surface area contributed by atoms with Crippen LogP contribution >= 0.6 is 35.0 Å². The van der Waals surface area contributed by atoms with E-state index >= 15 is 0 Å². The quantitative estimate of drug-likeness (QED) is 0.501. The summed E-state index contributed by atoms with van der Waals surface area (Å²) < 4.78 is 0. The summed E-state index contributed by atoms with van der Waals surface area (Å²) in [5, 5.41) is 15.0. The highest BCUT2D eigenvalue weighted by molar-refractivity contribution is 7.99. The number of hydrogen-bond donors (Lipinski definition) is 1. The predicted molar refractivity (Wildman–Crippen MR) is 77.0 cm³/mol. The molecule has 2 aromatic rings. The van der Waals surface area contributed by atoms with Gasteiger partial charge in [0, 0.05) is 20.9 Å². The average molecular weight is 313 g/mol. The number of nitro groups is 1. The first-order valence-corrected chi connectivity index (χ1v) is 6.85. The van der Waals surface area contributed by atoms with Crippen molar-refractivity contribution in [1.82, 2.24) is 0 Å². The maximum Gasteiger partial charge on any atom is 0.295 e. The van der Waals surface area contributed by atoms with Crippen LogP contribution in [0.25, 0.3) is 0 Å². The molecule has 1 aliphatic heterocycles. The largest absolute Gasteiger partial charge is 0.347 e. The number of anilines is 2. The molecule has 0 fully saturated rings. The number of nitro benzene ring substituents is 1. The Labute approximate surface area is 122 Å². The molecule has 3 rings (SSSR count). The van der Waals surface area contributed by atoms with E-state index in [4.69, 9.17) is 23.2 Å². The average Bonchev–Trinajstić information content (AvgIpc) is 2.36. The van der Waals surface area contributed by atoms with Crippen LogP contribution in [-0.4, -0.2) is 4.92 Å². The molecule has 0 bridgehead atoms. The molecule has 0 saturated carbocycles. The van der Waals surface area contributed by atoms with Gasteiger partial charge in [0.1, 0.15) is 5.69 Å². The van der Waals surface area contributed by atoms with Crippen molar-refractivity contribution in [2.24, 2.45) is 0 Å². The second-order valence-electron chi connectivity index (χ2n) is 3.90. The highest BCUT2D eigenvalue weighted by Crippen LogP contribution is 2.50. The number of nitrogens with one attached hydrogen (secondary N) is 1. The van der Waals surface area contributed by atoms with Gasteiger partial charge >= 0.3 is 0 Å². The molecule has 0 unspecified atom stereocenters. The second-order valence-corrected chi connectivity index (χ2v) is 5.82. The van der Waals surface area contributed by atoms with E-state index in [-0.39, 0.29) is 5.69 Å². The zero-order chi connectivity index (χ0) is 13.6. The molecule has 0 amide bonds. The summed E-state index contributed by atoms with van der Waals surface area (Å²) in [5.74, 6) is 0. The van der Waals surface area contributed by atoms with Gasteiger partial charge in [0.2, 0.25) is 0 Å². The van der Waals surface area contributed by atoms with E-state index in [1.165, 1.54) is 17.8 Å². The summed E-state index contributed by atoms with van der Waals surface area (Å²) >= 11 is 13.4. The van der Waals surface area contributed by atoms with Gasteiger partial charge in [0.15, 0.2) is 0 Å². The Bertz CT molecular complexity index is 706. The number of nitrogens with zero attached hydrogens (tertiary/aromatic N) is 1. The van der Waals surface area contributed by atoms with Crippen molar-refractivity contribution in [1.29, 1.82) is 0 Å². The maximum absolute atomic E-state index is 11.1. The molecule has 0 radical (unpaired) electrons. The van der Waals surface area contributed by atoms with Gasteiger partial charge in [-0.1, -0.05) is 41.0 Å². The maximum atomic E-state index is 11.1. The van der Waals surface area contributed by atoms with E-state index in [2.05, 4.69) is 5.32 Å². The third kappa shape index (κ3) is 2.14. The number of hydrogen-bond acceptors (Lipinski definition) is 4. The smallest absolute Gasteiger partial charge is 0.295 e. The lowest BCUT2D eigenvalue weighted by Crippen LogP contribution is -2.04. The monoisotopic (exact) mass is 312 g/mol. The van der Waals surface area contributed by atoms with Gasteiger partial charge < -0.3 is 5.32 Å². The molecular weight excluding hydrogens is 307 g/mol. The Morgan fingerprint density at radius 1 is 1.16 bits per heavy atom. The van der Waals surface area contributed by atoms with Crippen molar-refractivity contribution in [2.45, 2.75) is 9.79 Å². The van der Waals surface area contributed by atoms with Crippen molar-refractivity contribution in [3.05, 3.63) is 50.5 Å². The molecule has 1 aliphatic rings. The third-order valence-electron chi connectivity index (χ3n) is 2.69. The van der Waals surface area contributed by atoms with Gasteiger partial charge in [-0.2, -0.15) is 0 Å². The summed E-state index contributed by atoms with van der Waals surface area (Å²) in [4.78, 5) is 12.3. The minimum Gasteiger partial charge on any atom is -0.347 e. The Morgan fingerprint density at radius 2 is 1.95 bits per heavy atom. The minimum atomic E-state index is -0.458. The summed E-state index contributed by atoms with van der Waals surface area (Å²) in [6.07, 6.45) is 0. The molecule has 19 heavy (non-hydrogen) atoms. The molecule has 1 heterocycles. The number of halogens is 2. The Balaban J connectivity index is 2.20. The number of fused-ring (bicyclic) bond motifs is 2. The van der Waals surface area contributed by atoms with Crippen LogP contribution < -0.4 is 5.32 Å². The van der Waals surface area contributed by atoms with E-state index in [9.17, 15) is 10.1 Å². The fourth-order valence-corrected chi connectivity index (χ4v) is 3.52. The number of benzene rings is 2. The Kier molecular flexibility index (Phi) is 3.05. The molecular formula is C12H6Cl2N2O2S. The van der Waals surface area contributed by atoms with Gasteiger partial charge in [-0.3, -0.25) is 10.1 Å². The van der Waals surface area contributed by atoms with E-state index in [0.717, 1.165) is 4.90 Å². The first-order chi connectivity index (χ1) is 9.06. The van der Waals surface area contributed by atoms with Gasteiger partial charge in [0.05, 0.1) is 15.6 Å². The van der Waals surface area contributed by atoms with E-state index in [1.807, 2.05) is 12.1 Å². The van der Waals surface area contributed by atoms with E-state index in [1.54, 1.807) is 12.1 Å². The van der Waals surface area contributed by atoms with Crippen LogP contribution in [0.3, 0.4) is 0 Å². The summed E-state index contributed by atoms with van der Waals surface area (Å²) in [7, 11) is 0. The Morgan fingerprint density at radius 3 is 2.68 bits per heavy atom. The second kappa shape index (κ2) is 4.59. The van der Waals surface area contributed by atoms with Crippen LogP contribution in [0.2, 0.25) is 10.0 Å². The standard InChI is InChI=1S/C12H6Cl2N2O2S/c13-6-4-8(16(17)18)12-10(5-6)19-9-3-1-2-7(14)11(9)15-12/h1-5,15H. The van der Waals surface area contributed by atoms with E-state index < -0.39 is 4.92 Å². The molecule has 2 aromatic carbocycles. The molecule has 7 heteroatoms. The van der Waals surface area contributed by atoms with Crippen LogP contribution in [0.4, 0.5) is 17.1 Å². The summed E-state index contributed by atoms with van der Waals surface area (Å²) in [6.45, 7) is 0. The summed E-state index contributed by atoms with van der Waals surface area (Å²) in [5.41, 5.74) is 1.06. The van der Waals surface area contributed by atoms with Crippen LogP contribution in [0.1, 0.15) is 0 Å². The van der Waals surface area contributed by atoms with Gasteiger partial charge in [0.25, 0.3) is 5.69 Å². The highest BCUT2D eigenvalue weighted by atomic mass is 35.5. The van der Waals surface area contributed by atoms with Crippen molar-refractivity contribution in [3.63, 3.8) is 0 Å². The van der Waals surface area contributed by atoms with Crippen molar-refractivity contribution in [2.75, 3.05) is 5.32 Å². The number of para-hydroxylation sites is 1. The first kappa shape index (κ1) is 12.6. The minimum absolute atomic E-state index is 0.0550. The third-order valence-corrected chi connectivity index (χ3v) is 4.32.